The van der Waals surface area contributed by atoms with Gasteiger partial charge in [-0.05, 0) is 48.0 Å². The van der Waals surface area contributed by atoms with Gasteiger partial charge >= 0.3 is 0 Å². The second kappa shape index (κ2) is 11.3. The Bertz CT molecular complexity index is 1270. The fourth-order valence-electron chi connectivity index (χ4n) is 3.71. The Kier molecular flexibility index (Phi) is 8.18. The molecule has 1 aliphatic rings. The number of benzene rings is 3. The quantitative estimate of drug-likeness (QED) is 0.465. The fourth-order valence-corrected chi connectivity index (χ4v) is 5.43. The molecule has 0 unspecified atom stereocenters. The molecule has 35 heavy (non-hydrogen) atoms. The third-order valence-electron chi connectivity index (χ3n) is 5.61. The van der Waals surface area contributed by atoms with Gasteiger partial charge in [-0.25, -0.2) is 8.42 Å². The summed E-state index contributed by atoms with van der Waals surface area (Å²) in [5.74, 6) is -0.451. The van der Waals surface area contributed by atoms with E-state index in [1.54, 1.807) is 18.2 Å². The molecule has 1 heterocycles. The fraction of sp³-hybridized carbons (Fsp3) is 0.240. The molecule has 1 aliphatic heterocycles. The highest BCUT2D eigenvalue weighted by atomic mass is 35.5. The minimum Gasteiger partial charge on any atom is -0.378 e. The number of rotatable bonds is 8. The van der Waals surface area contributed by atoms with Gasteiger partial charge in [-0.3, -0.25) is 9.10 Å². The van der Waals surface area contributed by atoms with Gasteiger partial charge in [0.2, 0.25) is 5.91 Å². The van der Waals surface area contributed by atoms with E-state index in [0.29, 0.717) is 13.2 Å². The van der Waals surface area contributed by atoms with Crippen molar-refractivity contribution in [3.05, 3.63) is 88.4 Å². The molecule has 0 aliphatic carbocycles. The molecule has 7 nitrogen and oxygen atoms in total. The molecule has 3 aromatic carbocycles. The molecule has 10 heteroatoms. The number of anilines is 2. The highest BCUT2D eigenvalue weighted by Gasteiger charge is 2.27. The van der Waals surface area contributed by atoms with Crippen LogP contribution in [0.25, 0.3) is 0 Å². The van der Waals surface area contributed by atoms with Crippen LogP contribution in [0.3, 0.4) is 0 Å². The molecule has 1 N–H and O–H groups in total. The predicted molar refractivity (Wildman–Crippen MR) is 139 cm³/mol. The molecule has 0 spiro atoms. The van der Waals surface area contributed by atoms with Crippen LogP contribution in [0.2, 0.25) is 10.0 Å². The van der Waals surface area contributed by atoms with Gasteiger partial charge in [0.1, 0.15) is 6.54 Å². The largest absolute Gasteiger partial charge is 0.378 e. The van der Waals surface area contributed by atoms with Crippen LogP contribution < -0.4 is 14.5 Å². The van der Waals surface area contributed by atoms with E-state index < -0.39 is 22.5 Å². The van der Waals surface area contributed by atoms with Gasteiger partial charge in [0.25, 0.3) is 10.0 Å². The Balaban J connectivity index is 1.47. The summed E-state index contributed by atoms with van der Waals surface area (Å²) in [6, 6.07) is 20.3. The molecule has 0 saturated carbocycles. The first-order valence-electron chi connectivity index (χ1n) is 11.1. The second-order valence-corrected chi connectivity index (χ2v) is 10.6. The summed E-state index contributed by atoms with van der Waals surface area (Å²) < 4.78 is 33.2. The lowest BCUT2D eigenvalue weighted by Crippen LogP contribution is -2.40. The summed E-state index contributed by atoms with van der Waals surface area (Å²) in [5, 5.41) is 3.29. The van der Waals surface area contributed by atoms with E-state index in [9.17, 15) is 13.2 Å². The van der Waals surface area contributed by atoms with Gasteiger partial charge in [-0.2, -0.15) is 0 Å². The van der Waals surface area contributed by atoms with E-state index in [1.807, 2.05) is 24.3 Å². The van der Waals surface area contributed by atoms with Crippen molar-refractivity contribution in [2.45, 2.75) is 11.4 Å². The van der Waals surface area contributed by atoms with E-state index in [4.69, 9.17) is 27.9 Å². The smallest absolute Gasteiger partial charge is 0.264 e. The number of carbonyl (C=O) groups is 1. The molecule has 184 valence electrons. The third kappa shape index (κ3) is 6.27. The summed E-state index contributed by atoms with van der Waals surface area (Å²) in [4.78, 5) is 15.2. The van der Waals surface area contributed by atoms with Crippen LogP contribution >= 0.6 is 23.2 Å². The van der Waals surface area contributed by atoms with E-state index in [0.717, 1.165) is 28.6 Å². The number of morpholine rings is 1. The molecule has 1 saturated heterocycles. The zero-order valence-electron chi connectivity index (χ0n) is 18.9. The predicted octanol–water partition coefficient (Wildman–Crippen LogP) is 4.34. The van der Waals surface area contributed by atoms with Gasteiger partial charge in [-0.15, -0.1) is 0 Å². The second-order valence-electron chi connectivity index (χ2n) is 7.97. The molecule has 0 aromatic heterocycles. The van der Waals surface area contributed by atoms with E-state index in [1.165, 1.54) is 30.3 Å². The zero-order chi connectivity index (χ0) is 24.8. The molecular formula is C25H25Cl2N3O4S. The van der Waals surface area contributed by atoms with Gasteiger partial charge in [0.05, 0.1) is 33.8 Å². The number of carbonyl (C=O) groups excluding carboxylic acids is 1. The molecule has 1 amide bonds. The zero-order valence-corrected chi connectivity index (χ0v) is 21.2. The minimum atomic E-state index is -4.02. The van der Waals surface area contributed by atoms with Crippen LogP contribution in [0.4, 0.5) is 11.4 Å². The molecule has 0 radical (unpaired) electrons. The van der Waals surface area contributed by atoms with Crippen LogP contribution in [0.5, 0.6) is 0 Å². The number of sulfonamides is 1. The number of nitrogens with one attached hydrogen (secondary N) is 1. The number of halogens is 2. The van der Waals surface area contributed by atoms with Crippen molar-refractivity contribution in [3.63, 3.8) is 0 Å². The normalized spacial score (nSPS) is 13.9. The number of ether oxygens (including phenoxy) is 1. The third-order valence-corrected chi connectivity index (χ3v) is 8.14. The van der Waals surface area contributed by atoms with E-state index in [2.05, 4.69) is 10.2 Å². The van der Waals surface area contributed by atoms with Gasteiger partial charge in [0.15, 0.2) is 0 Å². The molecule has 0 bridgehead atoms. The maximum absolute atomic E-state index is 13.4. The SMILES string of the molecule is O=C(CN(c1ccc(Cl)c(Cl)c1)S(=O)(=O)c1ccccc1)NCc1ccc(N2CCOCC2)cc1. The van der Waals surface area contributed by atoms with Crippen LogP contribution in [0, 0.1) is 0 Å². The van der Waals surface area contributed by atoms with Crippen molar-refractivity contribution in [2.75, 3.05) is 42.1 Å². The number of hydrogen-bond acceptors (Lipinski definition) is 5. The summed E-state index contributed by atoms with van der Waals surface area (Å²) in [7, 11) is -4.02. The summed E-state index contributed by atoms with van der Waals surface area (Å²) in [6.07, 6.45) is 0. The van der Waals surface area contributed by atoms with Gasteiger partial charge < -0.3 is 15.0 Å². The van der Waals surface area contributed by atoms with Crippen molar-refractivity contribution in [1.29, 1.82) is 0 Å². The first-order chi connectivity index (χ1) is 16.8. The first-order valence-corrected chi connectivity index (χ1v) is 13.3. The lowest BCUT2D eigenvalue weighted by atomic mass is 10.2. The topological polar surface area (TPSA) is 79.0 Å². The lowest BCUT2D eigenvalue weighted by Gasteiger charge is -2.29. The van der Waals surface area contributed by atoms with Crippen LogP contribution in [-0.4, -0.2) is 47.2 Å². The Morgan fingerprint density at radius 3 is 2.29 bits per heavy atom. The van der Waals surface area contributed by atoms with Crippen molar-refractivity contribution in [3.8, 4) is 0 Å². The molecule has 1 fully saturated rings. The minimum absolute atomic E-state index is 0.0672. The van der Waals surface area contributed by atoms with Gasteiger partial charge in [0, 0.05) is 25.3 Å². The standard InChI is InChI=1S/C25H25Cl2N3O4S/c26-23-11-10-21(16-24(23)27)30(35(32,33)22-4-2-1-3-5-22)18-25(31)28-17-19-6-8-20(9-7-19)29-12-14-34-15-13-29/h1-11,16H,12-15,17-18H2,(H,28,31). The number of amides is 1. The summed E-state index contributed by atoms with van der Waals surface area (Å²) in [6.45, 7) is 2.95. The molecule has 4 rings (SSSR count). The van der Waals surface area contributed by atoms with Gasteiger partial charge in [-0.1, -0.05) is 53.5 Å². The van der Waals surface area contributed by atoms with Crippen molar-refractivity contribution < 1.29 is 17.9 Å². The number of nitrogens with zero attached hydrogens (tertiary/aromatic N) is 2. The maximum Gasteiger partial charge on any atom is 0.264 e. The Hall–Kier alpha value is -2.78. The van der Waals surface area contributed by atoms with Crippen LogP contribution in [0.1, 0.15) is 5.56 Å². The van der Waals surface area contributed by atoms with Crippen LogP contribution in [0.15, 0.2) is 77.7 Å². The van der Waals surface area contributed by atoms with E-state index in [-0.39, 0.29) is 27.2 Å². The molecule has 0 atom stereocenters. The highest BCUT2D eigenvalue weighted by Crippen LogP contribution is 2.30. The van der Waals surface area contributed by atoms with Crippen molar-refractivity contribution >= 4 is 50.5 Å². The summed E-state index contributed by atoms with van der Waals surface area (Å²) in [5.41, 5.74) is 2.25. The molecular weight excluding hydrogens is 509 g/mol. The van der Waals surface area contributed by atoms with Crippen molar-refractivity contribution in [1.82, 2.24) is 5.32 Å². The maximum atomic E-state index is 13.4. The van der Waals surface area contributed by atoms with Crippen molar-refractivity contribution in [2.24, 2.45) is 0 Å². The lowest BCUT2D eigenvalue weighted by molar-refractivity contribution is -0.119. The number of hydrogen-bond donors (Lipinski definition) is 1. The average Bonchev–Trinajstić information content (AvgIpc) is 2.89. The molecule has 3 aromatic rings. The van der Waals surface area contributed by atoms with E-state index >= 15 is 0 Å². The van der Waals surface area contributed by atoms with Crippen LogP contribution in [-0.2, 0) is 26.1 Å². The Morgan fingerprint density at radius 1 is 0.943 bits per heavy atom. The Morgan fingerprint density at radius 2 is 1.63 bits per heavy atom. The highest BCUT2D eigenvalue weighted by molar-refractivity contribution is 7.92. The Labute approximate surface area is 215 Å². The first kappa shape index (κ1) is 25.3. The average molecular weight is 534 g/mol. The summed E-state index contributed by atoms with van der Waals surface area (Å²) >= 11 is 12.1. The monoisotopic (exact) mass is 533 g/mol.